The molecule has 11 heteroatoms. The minimum Gasteiger partial charge on any atom is -0.497 e. The Hall–Kier alpha value is -3.41. The lowest BCUT2D eigenvalue weighted by Crippen LogP contribution is -2.56. The first kappa shape index (κ1) is 32.8. The molecule has 3 atom stereocenters. The topological polar surface area (TPSA) is 104 Å². The van der Waals surface area contributed by atoms with Crippen molar-refractivity contribution in [3.63, 3.8) is 0 Å². The van der Waals surface area contributed by atoms with E-state index < -0.39 is 22.2 Å². The van der Waals surface area contributed by atoms with Gasteiger partial charge in [-0.15, -0.1) is 0 Å². The molecule has 2 saturated heterocycles. The highest BCUT2D eigenvalue weighted by molar-refractivity contribution is 7.87. The molecule has 1 N–H and O–H groups in total. The van der Waals surface area contributed by atoms with Crippen molar-refractivity contribution in [1.29, 1.82) is 0 Å². The van der Waals surface area contributed by atoms with Crippen LogP contribution in [0.25, 0.3) is 22.2 Å². The highest BCUT2D eigenvalue weighted by atomic mass is 32.2. The standard InChI is InChI=1S/C38H49N5O5S/c1-40-22-29-16-17-30(23-40)42(29)38(45)36(26-9-10-26)43-33-21-27(37(44)39-49(46,47)41(2)28-14-15-28)13-20-32(33)34(24-7-5-4-6-8-24)35(43)25-11-18-31(48-3)19-12-25/h11-13,18-21,24,26,28-30,36H,4-10,14-17,22-23H2,1-3H3,(H,39,44). The molecule has 3 aromatic rings. The van der Waals surface area contributed by atoms with Crippen LogP contribution in [-0.2, 0) is 15.0 Å². The molecule has 3 aliphatic carbocycles. The summed E-state index contributed by atoms with van der Waals surface area (Å²) in [6.07, 6.45) is 11.3. The number of fused-ring (bicyclic) bond motifs is 3. The summed E-state index contributed by atoms with van der Waals surface area (Å²) in [6, 6.07) is 13.7. The summed E-state index contributed by atoms with van der Waals surface area (Å²) < 4.78 is 37.6. The zero-order chi connectivity index (χ0) is 34.0. The Labute approximate surface area is 289 Å². The number of piperazine rings is 1. The van der Waals surface area contributed by atoms with Gasteiger partial charge in [0.25, 0.3) is 5.91 Å². The van der Waals surface area contributed by atoms with Crippen LogP contribution in [0.1, 0.15) is 98.5 Å². The third-order valence-electron chi connectivity index (χ3n) is 11.9. The largest absolute Gasteiger partial charge is 0.497 e. The van der Waals surface area contributed by atoms with Crippen molar-refractivity contribution in [2.45, 2.75) is 101 Å². The molecular weight excluding hydrogens is 639 g/mol. The second-order valence-corrected chi connectivity index (χ2v) is 17.0. The Kier molecular flexibility index (Phi) is 8.51. The molecule has 2 aliphatic heterocycles. The first-order chi connectivity index (χ1) is 23.6. The maximum Gasteiger partial charge on any atom is 0.304 e. The van der Waals surface area contributed by atoms with Crippen LogP contribution in [-0.4, -0.2) is 91.3 Å². The van der Waals surface area contributed by atoms with E-state index in [-0.39, 0.29) is 35.5 Å². The smallest absolute Gasteiger partial charge is 0.304 e. The number of rotatable bonds is 10. The summed E-state index contributed by atoms with van der Waals surface area (Å²) in [7, 11) is 1.36. The zero-order valence-electron chi connectivity index (χ0n) is 28.9. The summed E-state index contributed by atoms with van der Waals surface area (Å²) in [5.74, 6) is 0.818. The number of hydrogen-bond acceptors (Lipinski definition) is 6. The van der Waals surface area contributed by atoms with E-state index in [1.165, 1.54) is 23.3 Å². The molecule has 10 nitrogen and oxygen atoms in total. The van der Waals surface area contributed by atoms with Gasteiger partial charge in [0, 0.05) is 49.2 Å². The Morgan fingerprint density at radius 2 is 1.57 bits per heavy atom. The molecule has 8 rings (SSSR count). The fourth-order valence-corrected chi connectivity index (χ4v) is 10.2. The average Bonchev–Trinajstić information content (AvgIpc) is 4.04. The van der Waals surface area contributed by atoms with E-state index >= 15 is 4.79 Å². The van der Waals surface area contributed by atoms with Crippen molar-refractivity contribution < 1.29 is 22.7 Å². The lowest BCUT2D eigenvalue weighted by Gasteiger charge is -2.41. The van der Waals surface area contributed by atoms with Crippen LogP contribution in [0.5, 0.6) is 5.75 Å². The second-order valence-electron chi connectivity index (χ2n) is 15.2. The first-order valence-electron chi connectivity index (χ1n) is 18.3. The molecule has 5 fully saturated rings. The predicted molar refractivity (Wildman–Crippen MR) is 190 cm³/mol. The van der Waals surface area contributed by atoms with Crippen LogP contribution in [0.2, 0.25) is 0 Å². The number of nitrogens with zero attached hydrogens (tertiary/aromatic N) is 4. The normalized spacial score (nSPS) is 24.0. The number of hydrogen-bond donors (Lipinski definition) is 1. The molecule has 262 valence electrons. The highest BCUT2D eigenvalue weighted by Crippen LogP contribution is 2.51. The number of likely N-dealkylation sites (tertiary alicyclic amines) is 1. The number of benzene rings is 2. The summed E-state index contributed by atoms with van der Waals surface area (Å²) in [6.45, 7) is 1.78. The van der Waals surface area contributed by atoms with Gasteiger partial charge in [0.2, 0.25) is 5.91 Å². The van der Waals surface area contributed by atoms with Gasteiger partial charge in [0.15, 0.2) is 0 Å². The summed E-state index contributed by atoms with van der Waals surface area (Å²) in [5, 5.41) is 1.05. The van der Waals surface area contributed by atoms with Crippen molar-refractivity contribution in [1.82, 2.24) is 23.4 Å². The Balaban J connectivity index is 1.31. The Morgan fingerprint density at radius 3 is 2.18 bits per heavy atom. The van der Waals surface area contributed by atoms with Crippen molar-refractivity contribution >= 4 is 32.9 Å². The molecule has 2 amide bonds. The number of likely N-dealkylation sites (N-methyl/N-ethyl adjacent to an activating group) is 1. The van der Waals surface area contributed by atoms with Gasteiger partial charge in [0.05, 0.1) is 18.3 Å². The van der Waals surface area contributed by atoms with Crippen molar-refractivity contribution in [2.24, 2.45) is 5.92 Å². The van der Waals surface area contributed by atoms with Gasteiger partial charge >= 0.3 is 10.2 Å². The van der Waals surface area contributed by atoms with Crippen LogP contribution < -0.4 is 9.46 Å². The van der Waals surface area contributed by atoms with Gasteiger partial charge in [-0.05, 0) is 118 Å². The van der Waals surface area contributed by atoms with Crippen LogP contribution in [0.15, 0.2) is 42.5 Å². The maximum atomic E-state index is 15.1. The van der Waals surface area contributed by atoms with Crippen molar-refractivity contribution in [3.05, 3.63) is 53.6 Å². The molecule has 3 heterocycles. The molecule has 5 aliphatic rings. The first-order valence-corrected chi connectivity index (χ1v) is 19.7. The number of nitrogens with one attached hydrogen (secondary N) is 1. The number of ether oxygens (including phenoxy) is 1. The average molecular weight is 688 g/mol. The van der Waals surface area contributed by atoms with Crippen molar-refractivity contribution in [3.8, 4) is 17.0 Å². The Morgan fingerprint density at radius 1 is 0.898 bits per heavy atom. The molecular formula is C38H49N5O5S. The van der Waals surface area contributed by atoms with E-state index in [0.717, 1.165) is 105 Å². The van der Waals surface area contributed by atoms with E-state index in [1.807, 2.05) is 24.3 Å². The summed E-state index contributed by atoms with van der Waals surface area (Å²) in [5.41, 5.74) is 4.43. The van der Waals surface area contributed by atoms with Crippen LogP contribution in [0.4, 0.5) is 0 Å². The third-order valence-corrected chi connectivity index (χ3v) is 13.4. The van der Waals surface area contributed by atoms with E-state index in [1.54, 1.807) is 13.2 Å². The molecule has 2 bridgehead atoms. The number of carbonyl (C=O) groups is 2. The Bertz CT molecular complexity index is 1840. The molecule has 1 aromatic heterocycles. The fourth-order valence-electron chi connectivity index (χ4n) is 9.06. The third kappa shape index (κ3) is 6.05. The molecule has 3 saturated carbocycles. The van der Waals surface area contributed by atoms with Gasteiger partial charge in [0.1, 0.15) is 11.8 Å². The molecule has 0 radical (unpaired) electrons. The lowest BCUT2D eigenvalue weighted by molar-refractivity contribution is -0.140. The van der Waals surface area contributed by atoms with E-state index in [9.17, 15) is 13.2 Å². The monoisotopic (exact) mass is 687 g/mol. The van der Waals surface area contributed by atoms with Crippen LogP contribution in [0.3, 0.4) is 0 Å². The predicted octanol–water partition coefficient (Wildman–Crippen LogP) is 5.69. The minimum absolute atomic E-state index is 0.0645. The van der Waals surface area contributed by atoms with E-state index in [2.05, 4.69) is 38.3 Å². The van der Waals surface area contributed by atoms with Gasteiger partial charge in [-0.3, -0.25) is 9.59 Å². The number of methoxy groups -OCH3 is 1. The van der Waals surface area contributed by atoms with Gasteiger partial charge < -0.3 is 19.1 Å². The quantitative estimate of drug-likeness (QED) is 0.294. The van der Waals surface area contributed by atoms with E-state index in [4.69, 9.17) is 4.74 Å². The number of amides is 2. The minimum atomic E-state index is -3.98. The van der Waals surface area contributed by atoms with Crippen LogP contribution in [0, 0.1) is 5.92 Å². The second kappa shape index (κ2) is 12.7. The summed E-state index contributed by atoms with van der Waals surface area (Å²) >= 11 is 0. The molecule has 3 unspecified atom stereocenters. The number of carbonyl (C=O) groups excluding carboxylic acids is 2. The molecule has 0 spiro atoms. The SMILES string of the molecule is COc1ccc(-c2c(C3CCCCC3)c3ccc(C(=O)NS(=O)(=O)N(C)C4CC4)cc3n2C(C(=O)N2C3CCC2CN(C)C3)C2CC2)cc1. The molecule has 2 aromatic carbocycles. The van der Waals surface area contributed by atoms with Gasteiger partial charge in [-0.2, -0.15) is 12.7 Å². The highest BCUT2D eigenvalue weighted by Gasteiger charge is 2.49. The van der Waals surface area contributed by atoms with Gasteiger partial charge in [-0.25, -0.2) is 4.72 Å². The van der Waals surface area contributed by atoms with E-state index in [0.29, 0.717) is 5.92 Å². The number of aromatic nitrogens is 1. The zero-order valence-corrected chi connectivity index (χ0v) is 29.8. The van der Waals surface area contributed by atoms with Crippen molar-refractivity contribution in [2.75, 3.05) is 34.3 Å². The van der Waals surface area contributed by atoms with Gasteiger partial charge in [-0.1, -0.05) is 25.3 Å². The maximum absolute atomic E-state index is 15.1. The molecule has 49 heavy (non-hydrogen) atoms. The lowest BCUT2D eigenvalue weighted by atomic mass is 9.81. The fraction of sp³-hybridized carbons (Fsp3) is 0.579. The summed E-state index contributed by atoms with van der Waals surface area (Å²) in [4.78, 5) is 33.4. The van der Waals surface area contributed by atoms with Crippen LogP contribution >= 0.6 is 0 Å².